The number of ether oxygens (including phenoxy) is 7. The Morgan fingerprint density at radius 3 is 2.48 bits per heavy atom. The van der Waals surface area contributed by atoms with Crippen molar-refractivity contribution >= 4 is 50.7 Å². The molecule has 346 valence electrons. The van der Waals surface area contributed by atoms with E-state index in [1.807, 2.05) is 38.1 Å². The number of para-hydroxylation sites is 1. The average Bonchev–Trinajstić information content (AvgIpc) is 3.69. The van der Waals surface area contributed by atoms with Crippen LogP contribution in [0.15, 0.2) is 61.1 Å². The van der Waals surface area contributed by atoms with E-state index in [0.29, 0.717) is 93.1 Å². The Hall–Kier alpha value is -5.33. The molecular formula is C48H50Cl2N6O9S. The Labute approximate surface area is 396 Å². The second kappa shape index (κ2) is 20.3. The maximum Gasteiger partial charge on any atom is 0.345 e. The highest BCUT2D eigenvalue weighted by molar-refractivity contribution is 7.19. The molecule has 4 aliphatic rings. The zero-order valence-electron chi connectivity index (χ0n) is 37.1. The molecule has 0 spiro atoms. The summed E-state index contributed by atoms with van der Waals surface area (Å²) in [5.41, 5.74) is 4.78. The topological polar surface area (TPSA) is 160 Å². The summed E-state index contributed by atoms with van der Waals surface area (Å²) in [4.78, 5) is 38.0. The fourth-order valence-corrected chi connectivity index (χ4v) is 10.3. The van der Waals surface area contributed by atoms with Crippen LogP contribution in [-0.4, -0.2) is 132 Å². The minimum absolute atomic E-state index is 0.0537. The van der Waals surface area contributed by atoms with E-state index >= 15 is 0 Å². The summed E-state index contributed by atoms with van der Waals surface area (Å²) in [6, 6.07) is 14.6. The molecule has 1 N–H and O–H groups in total. The Morgan fingerprint density at radius 2 is 1.73 bits per heavy atom. The third-order valence-corrected chi connectivity index (χ3v) is 14.1. The molecule has 4 bridgehead atoms. The van der Waals surface area contributed by atoms with Crippen LogP contribution in [0, 0.1) is 13.8 Å². The van der Waals surface area contributed by atoms with Gasteiger partial charge in [0, 0.05) is 67.8 Å². The van der Waals surface area contributed by atoms with Crippen molar-refractivity contribution in [1.82, 2.24) is 29.7 Å². The maximum atomic E-state index is 13.3. The maximum absolute atomic E-state index is 13.3. The molecule has 0 radical (unpaired) electrons. The van der Waals surface area contributed by atoms with Crippen LogP contribution in [-0.2, 0) is 33.7 Å². The van der Waals surface area contributed by atoms with Crippen molar-refractivity contribution in [2.24, 2.45) is 0 Å². The number of benzene rings is 3. The largest absolute Gasteiger partial charge is 0.496 e. The number of aromatic nitrogens is 4. The highest BCUT2D eigenvalue weighted by atomic mass is 35.5. The van der Waals surface area contributed by atoms with E-state index in [0.717, 1.165) is 58.9 Å². The number of carbonyl (C=O) groups is 1. The predicted molar refractivity (Wildman–Crippen MR) is 251 cm³/mol. The van der Waals surface area contributed by atoms with E-state index in [2.05, 4.69) is 31.8 Å². The zero-order valence-corrected chi connectivity index (χ0v) is 39.4. The fourth-order valence-electron chi connectivity index (χ4n) is 8.57. The molecule has 10 rings (SSSR count). The first-order valence-electron chi connectivity index (χ1n) is 21.8. The highest BCUT2D eigenvalue weighted by Crippen LogP contribution is 2.51. The van der Waals surface area contributed by atoms with E-state index in [1.165, 1.54) is 17.7 Å². The number of thiophene rings is 1. The molecule has 15 nitrogen and oxygen atoms in total. The molecule has 18 heteroatoms. The predicted octanol–water partition coefficient (Wildman–Crippen LogP) is 7.75. The van der Waals surface area contributed by atoms with Crippen LogP contribution in [0.4, 0.5) is 0 Å². The molecule has 0 aliphatic carbocycles. The molecule has 6 aromatic rings. The summed E-state index contributed by atoms with van der Waals surface area (Å²) in [5, 5.41) is 12.1. The second-order valence-corrected chi connectivity index (χ2v) is 18.4. The lowest BCUT2D eigenvalue weighted by Crippen LogP contribution is -2.49. The Balaban J connectivity index is 1.14. The lowest BCUT2D eigenvalue weighted by Gasteiger charge is -2.35. The van der Waals surface area contributed by atoms with Gasteiger partial charge < -0.3 is 43.2 Å². The molecule has 0 unspecified atom stereocenters. The van der Waals surface area contributed by atoms with Crippen molar-refractivity contribution in [1.29, 1.82) is 0 Å². The van der Waals surface area contributed by atoms with Gasteiger partial charge in [-0.2, -0.15) is 0 Å². The number of fused-ring (bicyclic) bond motifs is 7. The molecule has 0 amide bonds. The van der Waals surface area contributed by atoms with E-state index < -0.39 is 18.2 Å². The van der Waals surface area contributed by atoms with Crippen LogP contribution >= 0.6 is 34.5 Å². The highest BCUT2D eigenvalue weighted by Gasteiger charge is 2.33. The van der Waals surface area contributed by atoms with Gasteiger partial charge in [-0.15, -0.1) is 11.3 Å². The van der Waals surface area contributed by atoms with Gasteiger partial charge in [0.2, 0.25) is 12.0 Å². The number of methoxy groups -OCH3 is 1. The minimum Gasteiger partial charge on any atom is -0.496 e. The van der Waals surface area contributed by atoms with Gasteiger partial charge in [0.1, 0.15) is 47.7 Å². The summed E-state index contributed by atoms with van der Waals surface area (Å²) >= 11 is 16.2. The van der Waals surface area contributed by atoms with E-state index in [9.17, 15) is 9.90 Å². The lowest BCUT2D eigenvalue weighted by molar-refractivity contribution is -0.145. The summed E-state index contributed by atoms with van der Waals surface area (Å²) in [7, 11) is 3.71. The number of hydrogen-bond donors (Lipinski definition) is 1. The molecule has 3 atom stereocenters. The van der Waals surface area contributed by atoms with Crippen LogP contribution < -0.4 is 23.7 Å². The number of piperazine rings is 1. The first kappa shape index (κ1) is 45.8. The Kier molecular flexibility index (Phi) is 14.1. The lowest BCUT2D eigenvalue weighted by atomic mass is 9.92. The quantitative estimate of drug-likeness (QED) is 0.142. The number of carboxylic acids is 1. The summed E-state index contributed by atoms with van der Waals surface area (Å²) in [6.45, 7) is 9.51. The summed E-state index contributed by atoms with van der Waals surface area (Å²) in [5.74, 6) is 1.25. The van der Waals surface area contributed by atoms with Crippen LogP contribution in [0.5, 0.6) is 28.9 Å². The number of likely N-dealkylation sites (N-methyl/N-ethyl adjacent to an activating group) is 1. The van der Waals surface area contributed by atoms with E-state index in [1.54, 1.807) is 37.6 Å². The van der Waals surface area contributed by atoms with Gasteiger partial charge in [-0.05, 0) is 74.0 Å². The number of nitrogens with zero attached hydrogens (tertiary/aromatic N) is 6. The van der Waals surface area contributed by atoms with Gasteiger partial charge in [0.05, 0.1) is 59.7 Å². The summed E-state index contributed by atoms with van der Waals surface area (Å²) < 4.78 is 43.9. The SMILES string of the molecule is COc1ccccc1-c1nccc(COc2ccc3cc2C[C@H](C(=O)O)Oc2ncnc4sc(C[C@H]5COCCO5)c(c24)-c2c(C)c(Cl)c(c(Cl)c2C)O[C@H](CN2CCN(C)CC2)CO3)n1. The smallest absolute Gasteiger partial charge is 0.345 e. The second-order valence-electron chi connectivity index (χ2n) is 16.5. The third-order valence-electron chi connectivity index (χ3n) is 12.1. The van der Waals surface area contributed by atoms with Gasteiger partial charge in [-0.3, -0.25) is 4.90 Å². The van der Waals surface area contributed by atoms with Gasteiger partial charge in [-0.1, -0.05) is 35.3 Å². The van der Waals surface area contributed by atoms with Crippen LogP contribution in [0.3, 0.4) is 0 Å². The van der Waals surface area contributed by atoms with Crippen molar-refractivity contribution in [3.8, 4) is 51.4 Å². The summed E-state index contributed by atoms with van der Waals surface area (Å²) in [6.07, 6.45) is 1.24. The first-order valence-corrected chi connectivity index (χ1v) is 23.4. The van der Waals surface area contributed by atoms with Crippen molar-refractivity contribution in [3.63, 3.8) is 0 Å². The molecule has 3 aromatic carbocycles. The number of carboxylic acid groups (broad SMARTS) is 1. The average molecular weight is 958 g/mol. The monoisotopic (exact) mass is 956 g/mol. The Bertz CT molecular complexity index is 2700. The van der Waals surface area contributed by atoms with Crippen LogP contribution in [0.25, 0.3) is 32.7 Å². The standard InChI is InChI=1S/C48H50Cl2N6O9S/c1-27-39-28(2)43(50)44(42(27)49)64-33(22-56-15-13-55(3)14-16-56)25-62-31-9-10-35(63-23-30-11-12-51-45(54-30)34-7-5-6-8-36(34)59-4)29(19-31)20-37(48(57)58)65-46-41-40(39)38(66-47(41)53-26-52-46)21-32-24-60-17-18-61-32/h5-12,19,26,32-33,37H,13-18,20-25H2,1-4H3,(H,57,58)/t32-,33+,37+/m0/s1. The molecule has 4 aliphatic heterocycles. The zero-order chi connectivity index (χ0) is 45.9. The molecule has 2 fully saturated rings. The van der Waals surface area contributed by atoms with Crippen molar-refractivity contribution in [2.45, 2.75) is 51.6 Å². The van der Waals surface area contributed by atoms with E-state index in [4.69, 9.17) is 61.3 Å². The van der Waals surface area contributed by atoms with Gasteiger partial charge in [-0.25, -0.2) is 24.7 Å². The van der Waals surface area contributed by atoms with Gasteiger partial charge in [0.25, 0.3) is 0 Å². The van der Waals surface area contributed by atoms with Crippen molar-refractivity contribution < 1.29 is 43.1 Å². The molecule has 66 heavy (non-hydrogen) atoms. The van der Waals surface area contributed by atoms with Crippen molar-refractivity contribution in [2.75, 3.05) is 73.3 Å². The number of aliphatic carboxylic acids is 1. The van der Waals surface area contributed by atoms with Gasteiger partial charge >= 0.3 is 5.97 Å². The molecule has 0 saturated carbocycles. The third kappa shape index (κ3) is 9.86. The Morgan fingerprint density at radius 1 is 0.924 bits per heavy atom. The number of halogens is 2. The molecule has 7 heterocycles. The number of hydrogen-bond acceptors (Lipinski definition) is 15. The molecular weight excluding hydrogens is 908 g/mol. The number of rotatable bonds is 10. The van der Waals surface area contributed by atoms with Gasteiger partial charge in [0.15, 0.2) is 11.6 Å². The normalized spacial score (nSPS) is 19.4. The minimum atomic E-state index is -1.43. The molecule has 2 saturated heterocycles. The van der Waals surface area contributed by atoms with E-state index in [-0.39, 0.29) is 31.6 Å². The van der Waals surface area contributed by atoms with Crippen molar-refractivity contribution in [3.05, 3.63) is 98.4 Å². The van der Waals surface area contributed by atoms with Crippen LogP contribution in [0.2, 0.25) is 10.0 Å². The molecule has 3 aromatic heterocycles. The first-order chi connectivity index (χ1) is 32.0. The van der Waals surface area contributed by atoms with Crippen LogP contribution in [0.1, 0.15) is 27.3 Å². The fraction of sp³-hybridized carbons (Fsp3) is 0.396.